The number of aromatic nitrogens is 2. The average molecular weight is 221 g/mol. The lowest BCUT2D eigenvalue weighted by Gasteiger charge is -1.98. The molecule has 2 aromatic rings. The normalized spacial score (nSPS) is 12.8. The molecule has 1 aromatic heterocycles. The molecule has 0 radical (unpaired) electrons. The third-order valence-corrected chi connectivity index (χ3v) is 2.20. The first-order valence-electron chi connectivity index (χ1n) is 4.93. The van der Waals surface area contributed by atoms with Crippen LogP contribution in [0.2, 0.25) is 0 Å². The highest BCUT2D eigenvalue weighted by molar-refractivity contribution is 5.55. The van der Waals surface area contributed by atoms with Gasteiger partial charge in [0.1, 0.15) is 5.82 Å². The molecule has 0 aliphatic rings. The first-order chi connectivity index (χ1) is 7.58. The van der Waals surface area contributed by atoms with E-state index in [4.69, 9.17) is 10.3 Å². The first kappa shape index (κ1) is 10.8. The van der Waals surface area contributed by atoms with Crippen molar-refractivity contribution < 1.29 is 8.91 Å². The predicted octanol–water partition coefficient (Wildman–Crippen LogP) is 2.20. The Labute approximate surface area is 92.3 Å². The van der Waals surface area contributed by atoms with Crippen LogP contribution >= 0.6 is 0 Å². The van der Waals surface area contributed by atoms with Crippen LogP contribution in [0.15, 0.2) is 22.7 Å². The van der Waals surface area contributed by atoms with Gasteiger partial charge < -0.3 is 10.3 Å². The van der Waals surface area contributed by atoms with E-state index in [-0.39, 0.29) is 17.7 Å². The average Bonchev–Trinajstić information content (AvgIpc) is 2.70. The molecule has 1 atom stereocenters. The molecule has 0 amide bonds. The molecule has 0 bridgehead atoms. The Morgan fingerprint density at radius 1 is 1.44 bits per heavy atom. The zero-order chi connectivity index (χ0) is 11.7. The fourth-order valence-electron chi connectivity index (χ4n) is 1.33. The topological polar surface area (TPSA) is 64.9 Å². The Morgan fingerprint density at radius 3 is 2.81 bits per heavy atom. The van der Waals surface area contributed by atoms with Gasteiger partial charge in [-0.25, -0.2) is 4.39 Å². The molecule has 2 rings (SSSR count). The van der Waals surface area contributed by atoms with Crippen molar-refractivity contribution in [2.24, 2.45) is 5.73 Å². The van der Waals surface area contributed by atoms with Crippen molar-refractivity contribution in [1.29, 1.82) is 0 Å². The number of nitrogens with zero attached hydrogens (tertiary/aromatic N) is 2. The summed E-state index contributed by atoms with van der Waals surface area (Å²) < 4.78 is 18.5. The molecule has 0 saturated carbocycles. The second-order valence-corrected chi connectivity index (χ2v) is 3.73. The predicted molar refractivity (Wildman–Crippen MR) is 57.0 cm³/mol. The maximum atomic E-state index is 13.5. The van der Waals surface area contributed by atoms with Crippen molar-refractivity contribution in [2.75, 3.05) is 0 Å². The highest BCUT2D eigenvalue weighted by Gasteiger charge is 2.15. The van der Waals surface area contributed by atoms with E-state index >= 15 is 0 Å². The number of rotatable bonds is 2. The van der Waals surface area contributed by atoms with E-state index in [1.165, 1.54) is 6.07 Å². The summed E-state index contributed by atoms with van der Waals surface area (Å²) in [7, 11) is 0. The number of halogens is 1. The lowest BCUT2D eigenvalue weighted by Crippen LogP contribution is -2.06. The van der Waals surface area contributed by atoms with Crippen LogP contribution in [0.5, 0.6) is 0 Å². The van der Waals surface area contributed by atoms with E-state index < -0.39 is 0 Å². The lowest BCUT2D eigenvalue weighted by molar-refractivity contribution is 0.416. The van der Waals surface area contributed by atoms with Gasteiger partial charge in [-0.1, -0.05) is 16.8 Å². The molecule has 0 unspecified atom stereocenters. The van der Waals surface area contributed by atoms with Crippen LogP contribution in [0.1, 0.15) is 24.4 Å². The zero-order valence-electron chi connectivity index (χ0n) is 9.07. The molecule has 84 valence electrons. The van der Waals surface area contributed by atoms with Gasteiger partial charge in [0, 0.05) is 0 Å². The molecule has 0 aliphatic heterocycles. The quantitative estimate of drug-likeness (QED) is 0.844. The van der Waals surface area contributed by atoms with Crippen molar-refractivity contribution in [3.63, 3.8) is 0 Å². The van der Waals surface area contributed by atoms with Gasteiger partial charge in [0.15, 0.2) is 5.82 Å². The van der Waals surface area contributed by atoms with Crippen molar-refractivity contribution in [1.82, 2.24) is 10.1 Å². The van der Waals surface area contributed by atoms with Crippen molar-refractivity contribution in [3.05, 3.63) is 35.4 Å². The summed E-state index contributed by atoms with van der Waals surface area (Å²) >= 11 is 0. The molecule has 16 heavy (non-hydrogen) atoms. The van der Waals surface area contributed by atoms with E-state index in [9.17, 15) is 4.39 Å². The van der Waals surface area contributed by atoms with Crippen LogP contribution < -0.4 is 5.73 Å². The number of benzene rings is 1. The van der Waals surface area contributed by atoms with Gasteiger partial charge in [-0.05, 0) is 26.0 Å². The van der Waals surface area contributed by atoms with Gasteiger partial charge in [-0.3, -0.25) is 0 Å². The van der Waals surface area contributed by atoms with Crippen LogP contribution in [0, 0.1) is 12.7 Å². The summed E-state index contributed by atoms with van der Waals surface area (Å²) in [6.45, 7) is 3.60. The SMILES string of the molecule is Cc1ccc(F)c(-c2nc([C@H](C)N)no2)c1. The molecule has 4 nitrogen and oxygen atoms in total. The van der Waals surface area contributed by atoms with Crippen molar-refractivity contribution >= 4 is 0 Å². The highest BCUT2D eigenvalue weighted by atomic mass is 19.1. The second-order valence-electron chi connectivity index (χ2n) is 3.73. The standard InChI is InChI=1S/C11H12FN3O/c1-6-3-4-9(12)8(5-6)11-14-10(7(2)13)15-16-11/h3-5,7H,13H2,1-2H3/t7-/m0/s1. The summed E-state index contributed by atoms with van der Waals surface area (Å²) in [4.78, 5) is 4.04. The Bertz CT molecular complexity index is 508. The Hall–Kier alpha value is -1.75. The van der Waals surface area contributed by atoms with Crippen LogP contribution in [0.4, 0.5) is 4.39 Å². The Kier molecular flexibility index (Phi) is 2.70. The maximum absolute atomic E-state index is 13.5. The van der Waals surface area contributed by atoms with Gasteiger partial charge in [0.25, 0.3) is 5.89 Å². The fraction of sp³-hybridized carbons (Fsp3) is 0.273. The molecule has 2 N–H and O–H groups in total. The van der Waals surface area contributed by atoms with Crippen LogP contribution in [0.25, 0.3) is 11.5 Å². The van der Waals surface area contributed by atoms with E-state index in [2.05, 4.69) is 10.1 Å². The largest absolute Gasteiger partial charge is 0.334 e. The smallest absolute Gasteiger partial charge is 0.260 e. The molecular weight excluding hydrogens is 209 g/mol. The summed E-state index contributed by atoms with van der Waals surface area (Å²) in [5.41, 5.74) is 6.83. The number of nitrogens with two attached hydrogens (primary N) is 1. The van der Waals surface area contributed by atoms with Crippen LogP contribution in [-0.2, 0) is 0 Å². The van der Waals surface area contributed by atoms with Gasteiger partial charge >= 0.3 is 0 Å². The highest BCUT2D eigenvalue weighted by Crippen LogP contribution is 2.22. The maximum Gasteiger partial charge on any atom is 0.260 e. The number of hydrogen-bond acceptors (Lipinski definition) is 4. The third kappa shape index (κ3) is 1.94. The van der Waals surface area contributed by atoms with Crippen LogP contribution in [0.3, 0.4) is 0 Å². The van der Waals surface area contributed by atoms with Gasteiger partial charge in [-0.2, -0.15) is 4.98 Å². The molecular formula is C11H12FN3O. The molecule has 1 aromatic carbocycles. The molecule has 1 heterocycles. The summed E-state index contributed by atoms with van der Waals surface area (Å²) in [6.07, 6.45) is 0. The summed E-state index contributed by atoms with van der Waals surface area (Å²) in [5, 5.41) is 3.69. The van der Waals surface area contributed by atoms with E-state index in [1.54, 1.807) is 19.1 Å². The number of hydrogen-bond donors (Lipinski definition) is 1. The molecule has 0 aliphatic carbocycles. The van der Waals surface area contributed by atoms with Crippen LogP contribution in [-0.4, -0.2) is 10.1 Å². The molecule has 0 saturated heterocycles. The summed E-state index contributed by atoms with van der Waals surface area (Å²) in [5.74, 6) is 0.148. The minimum absolute atomic E-state index is 0.161. The molecule has 5 heteroatoms. The van der Waals surface area contributed by atoms with Crippen molar-refractivity contribution in [3.8, 4) is 11.5 Å². The van der Waals surface area contributed by atoms with Gasteiger partial charge in [0.2, 0.25) is 0 Å². The first-order valence-corrected chi connectivity index (χ1v) is 4.93. The molecule has 0 spiro atoms. The zero-order valence-corrected chi connectivity index (χ0v) is 9.07. The fourth-order valence-corrected chi connectivity index (χ4v) is 1.33. The van der Waals surface area contributed by atoms with E-state index in [0.717, 1.165) is 5.56 Å². The van der Waals surface area contributed by atoms with E-state index in [0.29, 0.717) is 11.4 Å². The third-order valence-electron chi connectivity index (χ3n) is 2.20. The van der Waals surface area contributed by atoms with Gasteiger partial charge in [0.05, 0.1) is 11.6 Å². The lowest BCUT2D eigenvalue weighted by atomic mass is 10.1. The van der Waals surface area contributed by atoms with Crippen molar-refractivity contribution in [2.45, 2.75) is 19.9 Å². The minimum atomic E-state index is -0.384. The monoisotopic (exact) mass is 221 g/mol. The van der Waals surface area contributed by atoms with E-state index in [1.807, 2.05) is 6.92 Å². The number of aryl methyl sites for hydroxylation is 1. The summed E-state index contributed by atoms with van der Waals surface area (Å²) in [6, 6.07) is 4.39. The molecule has 0 fully saturated rings. The van der Waals surface area contributed by atoms with Gasteiger partial charge in [-0.15, -0.1) is 0 Å². The Morgan fingerprint density at radius 2 is 2.19 bits per heavy atom. The Balaban J connectivity index is 2.46. The minimum Gasteiger partial charge on any atom is -0.334 e. The second kappa shape index (κ2) is 4.02.